The molecule has 0 bridgehead atoms. The molecule has 1 amide bonds. The summed E-state index contributed by atoms with van der Waals surface area (Å²) in [5, 5.41) is 11.8. The smallest absolute Gasteiger partial charge is 0.257 e. The highest BCUT2D eigenvalue weighted by Crippen LogP contribution is 2.18. The van der Waals surface area contributed by atoms with Gasteiger partial charge in [-0.2, -0.15) is 0 Å². The fraction of sp³-hybridized carbons (Fsp3) is 0.267. The fourth-order valence-corrected chi connectivity index (χ4v) is 3.66. The van der Waals surface area contributed by atoms with Crippen LogP contribution in [-0.4, -0.2) is 31.1 Å². The van der Waals surface area contributed by atoms with E-state index < -0.39 is 10.0 Å². The number of anilines is 1. The van der Waals surface area contributed by atoms with E-state index in [1.807, 2.05) is 6.92 Å². The molecule has 1 heterocycles. The van der Waals surface area contributed by atoms with Crippen molar-refractivity contribution in [3.8, 4) is 0 Å². The number of aryl methyl sites for hydroxylation is 1. The first-order valence-electron chi connectivity index (χ1n) is 7.30. The zero-order valence-electron chi connectivity index (χ0n) is 13.2. The van der Waals surface area contributed by atoms with E-state index in [0.717, 1.165) is 17.8 Å². The van der Waals surface area contributed by atoms with Crippen LogP contribution in [0.4, 0.5) is 5.13 Å². The van der Waals surface area contributed by atoms with Crippen molar-refractivity contribution in [3.63, 3.8) is 0 Å². The Hall–Kier alpha value is -2.10. The molecule has 2 N–H and O–H groups in total. The normalized spacial score (nSPS) is 11.2. The monoisotopic (exact) mass is 366 g/mol. The maximum absolute atomic E-state index is 12.2. The van der Waals surface area contributed by atoms with Gasteiger partial charge in [0, 0.05) is 18.5 Å². The van der Waals surface area contributed by atoms with Gasteiger partial charge >= 0.3 is 0 Å². The number of hydrogen-bond acceptors (Lipinski definition) is 6. The fourth-order valence-electron chi connectivity index (χ4n) is 1.83. The lowest BCUT2D eigenvalue weighted by Gasteiger charge is -2.06. The minimum absolute atomic E-state index is 0.0852. The van der Waals surface area contributed by atoms with Gasteiger partial charge in [0.1, 0.15) is 5.01 Å². The van der Waals surface area contributed by atoms with E-state index in [9.17, 15) is 13.2 Å². The third kappa shape index (κ3) is 4.70. The Morgan fingerprint density at radius 1 is 1.29 bits per heavy atom. The van der Waals surface area contributed by atoms with Crippen LogP contribution in [0.5, 0.6) is 0 Å². The summed E-state index contributed by atoms with van der Waals surface area (Å²) in [4.78, 5) is 12.2. The van der Waals surface area contributed by atoms with Crippen molar-refractivity contribution in [2.24, 2.45) is 0 Å². The van der Waals surface area contributed by atoms with Gasteiger partial charge in [-0.1, -0.05) is 24.3 Å². The summed E-state index contributed by atoms with van der Waals surface area (Å²) in [6, 6.07) is 5.66. The average molecular weight is 366 g/mol. The molecular weight excluding hydrogens is 348 g/mol. The number of carbonyl (C=O) groups excluding carboxylic acids is 1. The lowest BCUT2D eigenvalue weighted by atomic mass is 10.2. The number of rotatable bonds is 8. The largest absolute Gasteiger partial charge is 0.296 e. The second-order valence-corrected chi connectivity index (χ2v) is 7.70. The van der Waals surface area contributed by atoms with Crippen LogP contribution >= 0.6 is 11.3 Å². The molecule has 0 aliphatic heterocycles. The molecule has 1 aromatic heterocycles. The molecule has 0 atom stereocenters. The standard InChI is InChI=1S/C15H18N4O3S2/c1-3-5-13-18-19-15(23-13)17-14(20)11-6-8-12(9-7-11)24(21,22)16-10-4-2/h4,6-9,16H,2-3,5,10H2,1H3,(H,17,19,20). The first kappa shape index (κ1) is 18.2. The van der Waals surface area contributed by atoms with E-state index >= 15 is 0 Å². The number of aromatic nitrogens is 2. The molecule has 24 heavy (non-hydrogen) atoms. The maximum Gasteiger partial charge on any atom is 0.257 e. The lowest BCUT2D eigenvalue weighted by Crippen LogP contribution is -2.23. The van der Waals surface area contributed by atoms with Crippen LogP contribution in [0.1, 0.15) is 28.7 Å². The first-order chi connectivity index (χ1) is 11.5. The Morgan fingerprint density at radius 2 is 2.00 bits per heavy atom. The molecule has 0 aliphatic carbocycles. The van der Waals surface area contributed by atoms with E-state index in [0.29, 0.717) is 10.7 Å². The highest BCUT2D eigenvalue weighted by molar-refractivity contribution is 7.89. The highest BCUT2D eigenvalue weighted by Gasteiger charge is 2.15. The quantitative estimate of drug-likeness (QED) is 0.698. The summed E-state index contributed by atoms with van der Waals surface area (Å²) in [5.41, 5.74) is 0.338. The molecule has 2 rings (SSSR count). The van der Waals surface area contributed by atoms with Crippen LogP contribution in [0.3, 0.4) is 0 Å². The molecule has 0 spiro atoms. The summed E-state index contributed by atoms with van der Waals surface area (Å²) >= 11 is 1.33. The third-order valence-corrected chi connectivity index (χ3v) is 5.33. The van der Waals surface area contributed by atoms with Crippen LogP contribution in [0.15, 0.2) is 41.8 Å². The molecule has 0 radical (unpaired) electrons. The van der Waals surface area contributed by atoms with Crippen LogP contribution in [0.25, 0.3) is 0 Å². The van der Waals surface area contributed by atoms with Crippen molar-refractivity contribution in [3.05, 3.63) is 47.5 Å². The van der Waals surface area contributed by atoms with Gasteiger partial charge in [0.05, 0.1) is 4.90 Å². The second-order valence-electron chi connectivity index (χ2n) is 4.87. The summed E-state index contributed by atoms with van der Waals surface area (Å²) < 4.78 is 26.3. The molecule has 9 heteroatoms. The number of benzene rings is 1. The summed E-state index contributed by atoms with van der Waals surface area (Å²) in [7, 11) is -3.60. The Bertz CT molecular complexity index is 813. The van der Waals surface area contributed by atoms with Crippen molar-refractivity contribution in [1.29, 1.82) is 0 Å². The average Bonchev–Trinajstić information content (AvgIpc) is 3.00. The van der Waals surface area contributed by atoms with Gasteiger partial charge in [-0.25, -0.2) is 13.1 Å². The van der Waals surface area contributed by atoms with Crippen molar-refractivity contribution in [2.45, 2.75) is 24.7 Å². The molecule has 7 nitrogen and oxygen atoms in total. The molecule has 1 aromatic carbocycles. The second kappa shape index (κ2) is 8.13. The third-order valence-electron chi connectivity index (χ3n) is 3.00. The van der Waals surface area contributed by atoms with Gasteiger partial charge in [-0.15, -0.1) is 16.8 Å². The number of hydrogen-bond donors (Lipinski definition) is 2. The topological polar surface area (TPSA) is 101 Å². The molecule has 0 aliphatic rings. The predicted molar refractivity (Wildman–Crippen MR) is 93.7 cm³/mol. The van der Waals surface area contributed by atoms with Crippen molar-refractivity contribution < 1.29 is 13.2 Å². The Kier molecular flexibility index (Phi) is 6.18. The first-order valence-corrected chi connectivity index (χ1v) is 9.60. The zero-order valence-corrected chi connectivity index (χ0v) is 14.8. The Morgan fingerprint density at radius 3 is 2.62 bits per heavy atom. The number of nitrogens with one attached hydrogen (secondary N) is 2. The van der Waals surface area contributed by atoms with E-state index in [1.165, 1.54) is 41.7 Å². The summed E-state index contributed by atoms with van der Waals surface area (Å²) in [6.45, 7) is 5.64. The maximum atomic E-state index is 12.2. The zero-order chi connectivity index (χ0) is 17.6. The molecule has 0 unspecified atom stereocenters. The van der Waals surface area contributed by atoms with Crippen LogP contribution in [0, 0.1) is 0 Å². The number of nitrogens with zero attached hydrogens (tertiary/aromatic N) is 2. The van der Waals surface area contributed by atoms with Gasteiger partial charge in [-0.3, -0.25) is 10.1 Å². The number of amides is 1. The van der Waals surface area contributed by atoms with Crippen LogP contribution in [-0.2, 0) is 16.4 Å². The van der Waals surface area contributed by atoms with Gasteiger partial charge in [0.2, 0.25) is 15.2 Å². The van der Waals surface area contributed by atoms with Crippen molar-refractivity contribution in [1.82, 2.24) is 14.9 Å². The van der Waals surface area contributed by atoms with Gasteiger partial charge < -0.3 is 0 Å². The van der Waals surface area contributed by atoms with Crippen LogP contribution < -0.4 is 10.0 Å². The number of sulfonamides is 1. The van der Waals surface area contributed by atoms with E-state index in [4.69, 9.17) is 0 Å². The Labute approximate surface area is 144 Å². The predicted octanol–water partition coefficient (Wildman–Crippen LogP) is 2.21. The highest BCUT2D eigenvalue weighted by atomic mass is 32.2. The van der Waals surface area contributed by atoms with Gasteiger partial charge in [0.15, 0.2) is 0 Å². The van der Waals surface area contributed by atoms with E-state index in [2.05, 4.69) is 26.8 Å². The van der Waals surface area contributed by atoms with Gasteiger partial charge in [-0.05, 0) is 30.7 Å². The van der Waals surface area contributed by atoms with Crippen molar-refractivity contribution in [2.75, 3.05) is 11.9 Å². The molecule has 2 aromatic rings. The minimum atomic E-state index is -3.60. The van der Waals surface area contributed by atoms with E-state index in [1.54, 1.807) is 0 Å². The summed E-state index contributed by atoms with van der Waals surface area (Å²) in [6.07, 6.45) is 3.23. The molecule has 0 saturated heterocycles. The molecule has 0 fully saturated rings. The van der Waals surface area contributed by atoms with Crippen LogP contribution in [0.2, 0.25) is 0 Å². The summed E-state index contributed by atoms with van der Waals surface area (Å²) in [5.74, 6) is -0.364. The minimum Gasteiger partial charge on any atom is -0.296 e. The number of carbonyl (C=O) groups is 1. The molecule has 128 valence electrons. The van der Waals surface area contributed by atoms with E-state index in [-0.39, 0.29) is 17.3 Å². The van der Waals surface area contributed by atoms with Gasteiger partial charge in [0.25, 0.3) is 5.91 Å². The molecular formula is C15H18N4O3S2. The van der Waals surface area contributed by atoms with Crippen molar-refractivity contribution >= 4 is 32.4 Å². The molecule has 0 saturated carbocycles. The lowest BCUT2D eigenvalue weighted by molar-refractivity contribution is 0.102. The Balaban J connectivity index is 2.06. The SMILES string of the molecule is C=CCNS(=O)(=O)c1ccc(C(=O)Nc2nnc(CCC)s2)cc1.